The fourth-order valence-corrected chi connectivity index (χ4v) is 2.68. The quantitative estimate of drug-likeness (QED) is 0.585. The number of aromatic nitrogens is 2. The minimum atomic E-state index is -0.507. The van der Waals surface area contributed by atoms with Crippen molar-refractivity contribution in [3.05, 3.63) is 18.2 Å². The molecule has 2 rings (SSSR count). The maximum atomic E-state index is 12.0. The number of nitrogens with one attached hydrogen (secondary N) is 1. The van der Waals surface area contributed by atoms with Gasteiger partial charge in [-0.15, -0.1) is 0 Å². The zero-order valence-corrected chi connectivity index (χ0v) is 13.8. The van der Waals surface area contributed by atoms with Crippen LogP contribution in [0, 0.1) is 0 Å². The standard InChI is InChI=1S/C14H17N3O5S/c1-17-13(14(19)22-16-17)23-7-6-12(18)15-10-8-9(20-2)4-5-11(10)21-3/h4-5,8H,6-7H2,1-3H3,(H-,15,16,18,19). The van der Waals surface area contributed by atoms with E-state index in [1.54, 1.807) is 32.4 Å². The first-order chi connectivity index (χ1) is 11.0. The van der Waals surface area contributed by atoms with E-state index in [1.807, 2.05) is 0 Å². The Bertz CT molecular complexity index is 670. The summed E-state index contributed by atoms with van der Waals surface area (Å²) in [6, 6.07) is 5.13. The van der Waals surface area contributed by atoms with Crippen molar-refractivity contribution in [1.82, 2.24) is 5.27 Å². The summed E-state index contributed by atoms with van der Waals surface area (Å²) in [5.41, 5.74) is 0.530. The molecule has 1 aromatic heterocycles. The summed E-state index contributed by atoms with van der Waals surface area (Å²) >= 11 is 1.21. The van der Waals surface area contributed by atoms with E-state index in [9.17, 15) is 9.90 Å². The molecule has 0 aliphatic carbocycles. The number of anilines is 1. The van der Waals surface area contributed by atoms with Gasteiger partial charge >= 0.3 is 0 Å². The van der Waals surface area contributed by atoms with Gasteiger partial charge in [-0.05, 0) is 12.1 Å². The zero-order valence-electron chi connectivity index (χ0n) is 13.0. The number of thioether (sulfide) groups is 1. The second kappa shape index (κ2) is 7.73. The van der Waals surface area contributed by atoms with Gasteiger partial charge in [-0.25, -0.2) is 0 Å². The van der Waals surface area contributed by atoms with E-state index in [0.29, 0.717) is 28.0 Å². The molecule has 0 radical (unpaired) electrons. The summed E-state index contributed by atoms with van der Waals surface area (Å²) in [4.78, 5) is 12.0. The van der Waals surface area contributed by atoms with Crippen LogP contribution in [0.3, 0.4) is 0 Å². The van der Waals surface area contributed by atoms with E-state index < -0.39 is 5.95 Å². The first kappa shape index (κ1) is 16.9. The molecule has 0 fully saturated rings. The normalized spacial score (nSPS) is 10.4. The van der Waals surface area contributed by atoms with Crippen molar-refractivity contribution in [3.8, 4) is 17.4 Å². The molecule has 1 aromatic carbocycles. The summed E-state index contributed by atoms with van der Waals surface area (Å²) in [5.74, 6) is 0.868. The Hall–Kier alpha value is -2.42. The number of ether oxygens (including phenoxy) is 2. The Morgan fingerprint density at radius 2 is 2.22 bits per heavy atom. The van der Waals surface area contributed by atoms with Crippen LogP contribution >= 0.6 is 11.8 Å². The van der Waals surface area contributed by atoms with Crippen LogP contribution in [0.4, 0.5) is 5.69 Å². The van der Waals surface area contributed by atoms with Crippen LogP contribution in [0.5, 0.6) is 17.4 Å². The number of amides is 1. The molecule has 124 valence electrons. The maximum Gasteiger partial charge on any atom is 0.290 e. The monoisotopic (exact) mass is 339 g/mol. The Labute approximate surface area is 137 Å². The van der Waals surface area contributed by atoms with Gasteiger partial charge in [-0.1, -0.05) is 16.4 Å². The highest BCUT2D eigenvalue weighted by Gasteiger charge is 2.15. The third-order valence-corrected chi connectivity index (χ3v) is 4.08. The molecule has 0 saturated heterocycles. The topological polar surface area (TPSA) is 101 Å². The highest BCUT2D eigenvalue weighted by atomic mass is 32.2. The highest BCUT2D eigenvalue weighted by molar-refractivity contribution is 7.99. The van der Waals surface area contributed by atoms with Crippen molar-refractivity contribution in [2.75, 3.05) is 25.3 Å². The van der Waals surface area contributed by atoms with Gasteiger partial charge in [0.1, 0.15) is 11.5 Å². The van der Waals surface area contributed by atoms with Gasteiger partial charge in [0.05, 0.1) is 25.2 Å². The lowest BCUT2D eigenvalue weighted by Crippen LogP contribution is -2.32. The van der Waals surface area contributed by atoms with Gasteiger partial charge in [0.15, 0.2) is 13.0 Å². The van der Waals surface area contributed by atoms with Crippen molar-refractivity contribution >= 4 is 23.4 Å². The van der Waals surface area contributed by atoms with Crippen molar-refractivity contribution in [2.45, 2.75) is 11.4 Å². The largest absolute Gasteiger partial charge is 0.538 e. The Morgan fingerprint density at radius 1 is 1.43 bits per heavy atom. The van der Waals surface area contributed by atoms with Crippen LogP contribution in [-0.2, 0) is 11.8 Å². The molecule has 9 heteroatoms. The molecule has 0 aliphatic rings. The maximum absolute atomic E-state index is 12.0. The molecule has 23 heavy (non-hydrogen) atoms. The van der Waals surface area contributed by atoms with Crippen molar-refractivity contribution in [3.63, 3.8) is 0 Å². The number of benzene rings is 1. The van der Waals surface area contributed by atoms with Gasteiger partial charge in [0, 0.05) is 18.2 Å². The third-order valence-electron chi connectivity index (χ3n) is 2.96. The SMILES string of the molecule is COc1ccc(OC)c(NC(=O)CCSc2c([O-])on[n+]2C)c1. The lowest BCUT2D eigenvalue weighted by Gasteiger charge is -2.11. The van der Waals surface area contributed by atoms with Gasteiger partial charge in [0.25, 0.3) is 5.03 Å². The van der Waals surface area contributed by atoms with E-state index in [2.05, 4.69) is 15.1 Å². The number of carbonyl (C=O) groups excluding carboxylic acids is 1. The van der Waals surface area contributed by atoms with E-state index in [4.69, 9.17) is 9.47 Å². The van der Waals surface area contributed by atoms with Gasteiger partial charge in [-0.3, -0.25) is 4.79 Å². The van der Waals surface area contributed by atoms with Crippen LogP contribution in [0.15, 0.2) is 27.7 Å². The van der Waals surface area contributed by atoms with Crippen LogP contribution in [0.25, 0.3) is 0 Å². The van der Waals surface area contributed by atoms with Crippen molar-refractivity contribution < 1.29 is 28.6 Å². The molecule has 0 bridgehead atoms. The molecular weight excluding hydrogens is 322 g/mol. The zero-order chi connectivity index (χ0) is 16.8. The summed E-state index contributed by atoms with van der Waals surface area (Å²) in [7, 11) is 4.67. The lowest BCUT2D eigenvalue weighted by atomic mass is 10.2. The molecule has 1 N–H and O–H groups in total. The minimum absolute atomic E-state index is 0.199. The molecule has 0 saturated carbocycles. The number of hydrogen-bond acceptors (Lipinski definition) is 7. The summed E-state index contributed by atoms with van der Waals surface area (Å²) in [6.07, 6.45) is 0.218. The van der Waals surface area contributed by atoms with Gasteiger partial charge in [-0.2, -0.15) is 0 Å². The molecule has 0 spiro atoms. The number of hydrogen-bond donors (Lipinski definition) is 1. The molecule has 2 aromatic rings. The second-order valence-electron chi connectivity index (χ2n) is 4.50. The summed E-state index contributed by atoms with van der Waals surface area (Å²) in [6.45, 7) is 0. The van der Waals surface area contributed by atoms with Crippen molar-refractivity contribution in [1.29, 1.82) is 0 Å². The van der Waals surface area contributed by atoms with Crippen molar-refractivity contribution in [2.24, 2.45) is 7.05 Å². The Morgan fingerprint density at radius 3 is 2.83 bits per heavy atom. The predicted molar refractivity (Wildman–Crippen MR) is 80.6 cm³/mol. The number of methoxy groups -OCH3 is 2. The molecule has 1 heterocycles. The van der Waals surface area contributed by atoms with Crippen LogP contribution in [-0.4, -0.2) is 31.2 Å². The Balaban J connectivity index is 1.92. The lowest BCUT2D eigenvalue weighted by molar-refractivity contribution is -0.772. The second-order valence-corrected chi connectivity index (χ2v) is 5.59. The third kappa shape index (κ3) is 4.28. The molecule has 0 atom stereocenters. The van der Waals surface area contributed by atoms with E-state index in [-0.39, 0.29) is 12.3 Å². The number of aryl methyl sites for hydroxylation is 1. The average Bonchev–Trinajstić information content (AvgIpc) is 2.86. The molecule has 0 aliphatic heterocycles. The minimum Gasteiger partial charge on any atom is -0.538 e. The van der Waals surface area contributed by atoms with E-state index in [1.165, 1.54) is 23.6 Å². The first-order valence-corrected chi connectivity index (χ1v) is 7.71. The van der Waals surface area contributed by atoms with Gasteiger partial charge in [0.2, 0.25) is 5.91 Å². The molecule has 1 amide bonds. The van der Waals surface area contributed by atoms with Gasteiger partial charge < -0.3 is 24.4 Å². The average molecular weight is 339 g/mol. The van der Waals surface area contributed by atoms with E-state index in [0.717, 1.165) is 0 Å². The fraction of sp³-hybridized carbons (Fsp3) is 0.357. The fourth-order valence-electron chi connectivity index (χ4n) is 1.82. The van der Waals surface area contributed by atoms with Crippen LogP contribution < -0.4 is 24.6 Å². The molecular formula is C14H17N3O5S. The number of rotatable bonds is 7. The first-order valence-electron chi connectivity index (χ1n) is 6.72. The molecule has 0 unspecified atom stereocenters. The van der Waals surface area contributed by atoms with Crippen LogP contribution in [0.1, 0.15) is 6.42 Å². The summed E-state index contributed by atoms with van der Waals surface area (Å²) < 4.78 is 16.2. The van der Waals surface area contributed by atoms with Crippen LogP contribution in [0.2, 0.25) is 0 Å². The van der Waals surface area contributed by atoms with E-state index >= 15 is 0 Å². The predicted octanol–water partition coefficient (Wildman–Crippen LogP) is 0.711. The summed E-state index contributed by atoms with van der Waals surface area (Å²) in [5, 5.41) is 18.0. The molecule has 8 nitrogen and oxygen atoms in total. The number of nitrogens with zero attached hydrogens (tertiary/aromatic N) is 2. The highest BCUT2D eigenvalue weighted by Crippen LogP contribution is 2.29. The smallest absolute Gasteiger partial charge is 0.290 e. The Kier molecular flexibility index (Phi) is 5.69. The number of carbonyl (C=O) groups is 1.